The average Bonchev–Trinajstić information content (AvgIpc) is 2.92. The fraction of sp³-hybridized carbons (Fsp3) is 0.500. The normalized spacial score (nSPS) is 21.1. The fourth-order valence-corrected chi connectivity index (χ4v) is 3.25. The molecule has 1 saturated heterocycles. The van der Waals surface area contributed by atoms with Crippen LogP contribution in [0.15, 0.2) is 18.2 Å². The van der Waals surface area contributed by atoms with Crippen LogP contribution in [0.3, 0.4) is 0 Å². The minimum atomic E-state index is -4.40. The van der Waals surface area contributed by atoms with Gasteiger partial charge in [-0.3, -0.25) is 0 Å². The van der Waals surface area contributed by atoms with Crippen molar-refractivity contribution in [1.82, 2.24) is 14.5 Å². The van der Waals surface area contributed by atoms with Crippen LogP contribution < -0.4 is 11.1 Å². The van der Waals surface area contributed by atoms with Crippen LogP contribution in [-0.4, -0.2) is 59.6 Å². The van der Waals surface area contributed by atoms with Gasteiger partial charge < -0.3 is 16.0 Å². The topological polar surface area (TPSA) is 58.6 Å². The van der Waals surface area contributed by atoms with E-state index in [1.807, 2.05) is 11.9 Å². The Hall–Kier alpha value is -2.31. The van der Waals surface area contributed by atoms with Crippen molar-refractivity contribution < 1.29 is 17.6 Å². The lowest BCUT2D eigenvalue weighted by Gasteiger charge is -2.33. The van der Waals surface area contributed by atoms with Crippen molar-refractivity contribution in [3.63, 3.8) is 0 Å². The van der Waals surface area contributed by atoms with Crippen LogP contribution in [0.5, 0.6) is 0 Å². The lowest BCUT2D eigenvalue weighted by molar-refractivity contribution is -0.127. The number of fused-ring (bicyclic) bond motifs is 1. The van der Waals surface area contributed by atoms with Crippen LogP contribution in [-0.2, 0) is 6.42 Å². The predicted octanol–water partition coefficient (Wildman–Crippen LogP) is 2.20. The molecule has 5 nitrogen and oxygen atoms in total. The molecule has 1 fully saturated rings. The largest absolute Gasteiger partial charge is 0.393 e. The molecule has 3 N–H and O–H groups in total. The van der Waals surface area contributed by atoms with Crippen LogP contribution in [0.2, 0.25) is 0 Å². The minimum absolute atomic E-state index is 0.00715. The number of anilines is 1. The molecule has 3 heterocycles. The van der Waals surface area contributed by atoms with Gasteiger partial charge in [0.25, 0.3) is 0 Å². The number of alkyl halides is 4. The summed E-state index contributed by atoms with van der Waals surface area (Å²) in [5.74, 6) is 5.61. The molecule has 27 heavy (non-hydrogen) atoms. The fourth-order valence-electron chi connectivity index (χ4n) is 3.25. The van der Waals surface area contributed by atoms with E-state index in [0.29, 0.717) is 24.3 Å². The van der Waals surface area contributed by atoms with Crippen LogP contribution in [0.4, 0.5) is 23.4 Å². The Bertz CT molecular complexity index is 864. The number of nitrogens with two attached hydrogens (primary N) is 1. The number of nitrogens with zero attached hydrogens (tertiary/aromatic N) is 3. The third-order valence-electron chi connectivity index (χ3n) is 4.52. The summed E-state index contributed by atoms with van der Waals surface area (Å²) in [5.41, 5.74) is 5.66. The number of halogens is 4. The van der Waals surface area contributed by atoms with Gasteiger partial charge in [0.15, 0.2) is 0 Å². The first-order valence-electron chi connectivity index (χ1n) is 8.64. The second-order valence-corrected chi connectivity index (χ2v) is 6.65. The zero-order valence-corrected chi connectivity index (χ0v) is 14.9. The maximum Gasteiger partial charge on any atom is 0.393 e. The molecule has 0 radical (unpaired) electrons. The maximum absolute atomic E-state index is 14.3. The van der Waals surface area contributed by atoms with Gasteiger partial charge in [-0.15, -0.1) is 0 Å². The molecule has 2 atom stereocenters. The van der Waals surface area contributed by atoms with Gasteiger partial charge in [-0.25, -0.2) is 8.91 Å². The number of pyridine rings is 1. The molecule has 2 aromatic rings. The third kappa shape index (κ3) is 4.51. The van der Waals surface area contributed by atoms with Crippen molar-refractivity contribution >= 4 is 11.3 Å². The molecular formula is C18H21F4N5. The van der Waals surface area contributed by atoms with Crippen LogP contribution >= 0.6 is 0 Å². The summed E-state index contributed by atoms with van der Waals surface area (Å²) >= 11 is 0. The molecule has 0 aliphatic carbocycles. The molecule has 3 rings (SSSR count). The molecule has 2 aromatic heterocycles. The summed E-state index contributed by atoms with van der Waals surface area (Å²) in [4.78, 5) is 1.90. The second-order valence-electron chi connectivity index (χ2n) is 6.65. The summed E-state index contributed by atoms with van der Waals surface area (Å²) in [5, 5.41) is 7.33. The van der Waals surface area contributed by atoms with Gasteiger partial charge in [0.2, 0.25) is 0 Å². The number of rotatable bonds is 3. The highest BCUT2D eigenvalue weighted by molar-refractivity contribution is 5.64. The summed E-state index contributed by atoms with van der Waals surface area (Å²) in [7, 11) is 1.85. The first-order valence-corrected chi connectivity index (χ1v) is 8.64. The second kappa shape index (κ2) is 7.74. The van der Waals surface area contributed by atoms with E-state index in [-0.39, 0.29) is 17.8 Å². The molecule has 0 bridgehead atoms. The zero-order chi connectivity index (χ0) is 19.6. The van der Waals surface area contributed by atoms with Gasteiger partial charge in [-0.05, 0) is 31.5 Å². The van der Waals surface area contributed by atoms with E-state index in [2.05, 4.69) is 22.3 Å². The van der Waals surface area contributed by atoms with Crippen LogP contribution in [0.1, 0.15) is 17.7 Å². The van der Waals surface area contributed by atoms with Crippen molar-refractivity contribution in [2.24, 2.45) is 5.73 Å². The zero-order valence-electron chi connectivity index (χ0n) is 14.9. The number of nitrogens with one attached hydrogen (secondary N) is 1. The van der Waals surface area contributed by atoms with E-state index < -0.39 is 24.8 Å². The van der Waals surface area contributed by atoms with Gasteiger partial charge in [0.05, 0.1) is 24.5 Å². The Morgan fingerprint density at radius 3 is 2.81 bits per heavy atom. The lowest BCUT2D eigenvalue weighted by Crippen LogP contribution is -2.46. The van der Waals surface area contributed by atoms with Crippen molar-refractivity contribution in [2.75, 3.05) is 32.0 Å². The number of piperidine rings is 1. The van der Waals surface area contributed by atoms with Crippen molar-refractivity contribution in [3.05, 3.63) is 29.5 Å². The number of likely N-dealkylation sites (tertiary alicyclic amines) is 1. The van der Waals surface area contributed by atoms with Gasteiger partial charge >= 0.3 is 6.18 Å². The minimum Gasteiger partial charge on any atom is -0.364 e. The van der Waals surface area contributed by atoms with E-state index in [1.165, 1.54) is 4.52 Å². The molecule has 0 aromatic carbocycles. The lowest BCUT2D eigenvalue weighted by atomic mass is 10.0. The Kier molecular flexibility index (Phi) is 5.58. The van der Waals surface area contributed by atoms with E-state index in [9.17, 15) is 17.6 Å². The summed E-state index contributed by atoms with van der Waals surface area (Å²) in [6, 6.07) is 4.42. The molecule has 0 amide bonds. The summed E-state index contributed by atoms with van der Waals surface area (Å²) < 4.78 is 54.8. The Morgan fingerprint density at radius 2 is 2.15 bits per heavy atom. The molecule has 146 valence electrons. The number of aromatic nitrogens is 2. The van der Waals surface area contributed by atoms with E-state index >= 15 is 0 Å². The van der Waals surface area contributed by atoms with E-state index in [1.54, 1.807) is 18.2 Å². The molecule has 1 aliphatic heterocycles. The molecular weight excluding hydrogens is 362 g/mol. The molecule has 9 heteroatoms. The van der Waals surface area contributed by atoms with E-state index in [4.69, 9.17) is 5.73 Å². The molecule has 0 spiro atoms. The van der Waals surface area contributed by atoms with Gasteiger partial charge in [0, 0.05) is 18.7 Å². The highest BCUT2D eigenvalue weighted by Crippen LogP contribution is 2.28. The van der Waals surface area contributed by atoms with Gasteiger partial charge in [0.1, 0.15) is 17.7 Å². The highest BCUT2D eigenvalue weighted by atomic mass is 19.4. The van der Waals surface area contributed by atoms with Crippen LogP contribution in [0.25, 0.3) is 5.52 Å². The molecule has 1 aliphatic rings. The van der Waals surface area contributed by atoms with E-state index in [0.717, 1.165) is 6.54 Å². The smallest absolute Gasteiger partial charge is 0.364 e. The summed E-state index contributed by atoms with van der Waals surface area (Å²) in [6.45, 7) is 1.06. The Balaban J connectivity index is 2.00. The first kappa shape index (κ1) is 19.5. The monoisotopic (exact) mass is 383 g/mol. The average molecular weight is 383 g/mol. The van der Waals surface area contributed by atoms with Crippen LogP contribution in [0, 0.1) is 11.8 Å². The SMILES string of the molecule is CN1CC[C@@H](Nc2cccc3c(CC(F)(F)F)c(C#CCN)nn23)[C@@H](F)C1. The van der Waals surface area contributed by atoms with Crippen molar-refractivity contribution in [3.8, 4) is 11.8 Å². The van der Waals surface area contributed by atoms with Crippen molar-refractivity contribution in [2.45, 2.75) is 31.2 Å². The molecule has 0 unspecified atom stereocenters. The molecule has 0 saturated carbocycles. The quantitative estimate of drug-likeness (QED) is 0.630. The predicted molar refractivity (Wildman–Crippen MR) is 95.3 cm³/mol. The van der Waals surface area contributed by atoms with Gasteiger partial charge in [-0.2, -0.15) is 18.3 Å². The maximum atomic E-state index is 14.3. The standard InChI is InChI=1S/C18H21F4N5/c1-26-9-7-15(13(19)11-26)24-17-6-2-5-16-12(10-18(20,21)22)14(4-3-8-23)25-27(16)17/h2,5-6,13,15,24H,7-11,23H2,1H3/t13-,15+/m0/s1. The first-order chi connectivity index (χ1) is 12.8. The number of hydrogen-bond acceptors (Lipinski definition) is 4. The Labute approximate surface area is 154 Å². The van der Waals surface area contributed by atoms with Gasteiger partial charge in [-0.1, -0.05) is 12.0 Å². The third-order valence-corrected chi connectivity index (χ3v) is 4.52. The van der Waals surface area contributed by atoms with Crippen molar-refractivity contribution in [1.29, 1.82) is 0 Å². The number of hydrogen-bond donors (Lipinski definition) is 2. The highest BCUT2D eigenvalue weighted by Gasteiger charge is 2.32. The summed E-state index contributed by atoms with van der Waals surface area (Å²) in [6.07, 6.45) is -6.04. The Morgan fingerprint density at radius 1 is 1.37 bits per heavy atom.